The topological polar surface area (TPSA) is 219 Å². The largest absolute Gasteiger partial charge is 0.497 e. The van der Waals surface area contributed by atoms with E-state index in [9.17, 15) is 19.5 Å². The molecular formula is C52H70O20. The van der Waals surface area contributed by atoms with E-state index in [2.05, 4.69) is 0 Å². The molecule has 2 fully saturated rings. The zero-order chi connectivity index (χ0) is 52.6. The summed E-state index contributed by atoms with van der Waals surface area (Å²) in [6.07, 6.45) is 7.68. The summed E-state index contributed by atoms with van der Waals surface area (Å²) in [6.45, 7) is 10.2. The lowest BCUT2D eigenvalue weighted by atomic mass is 10.0. The maximum absolute atomic E-state index is 13.4. The van der Waals surface area contributed by atoms with Crippen LogP contribution in [0.25, 0.3) is 12.2 Å². The highest BCUT2D eigenvalue weighted by molar-refractivity contribution is 5.98. The molecule has 72 heavy (non-hydrogen) atoms. The van der Waals surface area contributed by atoms with Crippen LogP contribution in [0.4, 0.5) is 0 Å². The number of aliphatic hydroxyl groups excluding tert-OH is 1. The van der Waals surface area contributed by atoms with E-state index in [4.69, 9.17) is 75.8 Å². The van der Waals surface area contributed by atoms with Crippen molar-refractivity contribution < 1.29 is 95.3 Å². The zero-order valence-corrected chi connectivity index (χ0v) is 43.1. The van der Waals surface area contributed by atoms with Crippen molar-refractivity contribution in [2.24, 2.45) is 0 Å². The number of hydrogen-bond acceptors (Lipinski definition) is 20. The molecule has 6 rings (SSSR count). The highest BCUT2D eigenvalue weighted by Gasteiger charge is 2.45. The van der Waals surface area contributed by atoms with Crippen molar-refractivity contribution in [3.63, 3.8) is 0 Å². The van der Waals surface area contributed by atoms with Crippen molar-refractivity contribution in [1.29, 1.82) is 0 Å². The van der Waals surface area contributed by atoms with Crippen LogP contribution in [-0.2, 0) is 61.6 Å². The molecule has 0 aromatic heterocycles. The number of carbonyl (C=O) groups excluding carboxylic acids is 3. The first kappa shape index (κ1) is 57.7. The molecule has 9 atom stereocenters. The maximum atomic E-state index is 13.4. The molecule has 4 aliphatic heterocycles. The number of benzene rings is 2. The summed E-state index contributed by atoms with van der Waals surface area (Å²) in [5.74, 6) is -1.88. The molecule has 0 amide bonds. The second kappa shape index (κ2) is 27.2. The van der Waals surface area contributed by atoms with Gasteiger partial charge in [0.25, 0.3) is 0 Å². The molecule has 2 saturated heterocycles. The lowest BCUT2D eigenvalue weighted by Gasteiger charge is -2.24. The van der Waals surface area contributed by atoms with E-state index in [0.717, 1.165) is 0 Å². The van der Waals surface area contributed by atoms with Crippen LogP contribution in [0.2, 0.25) is 0 Å². The Morgan fingerprint density at radius 2 is 1.03 bits per heavy atom. The van der Waals surface area contributed by atoms with Crippen LogP contribution < -0.4 is 18.9 Å². The number of methoxy groups -OCH3 is 6. The van der Waals surface area contributed by atoms with Crippen LogP contribution in [0.15, 0.2) is 60.7 Å². The minimum Gasteiger partial charge on any atom is -0.497 e. The van der Waals surface area contributed by atoms with Gasteiger partial charge in [0.05, 0.1) is 26.4 Å². The first-order valence-electron chi connectivity index (χ1n) is 23.3. The van der Waals surface area contributed by atoms with Gasteiger partial charge >= 0.3 is 11.9 Å². The fourth-order valence-electron chi connectivity index (χ4n) is 8.07. The summed E-state index contributed by atoms with van der Waals surface area (Å²) in [7, 11) is 8.97. The van der Waals surface area contributed by atoms with Gasteiger partial charge in [0, 0.05) is 40.6 Å². The van der Waals surface area contributed by atoms with Crippen molar-refractivity contribution in [3.8, 4) is 23.0 Å². The van der Waals surface area contributed by atoms with Crippen molar-refractivity contribution in [3.05, 3.63) is 83.0 Å². The van der Waals surface area contributed by atoms with Crippen LogP contribution in [-0.4, -0.2) is 159 Å². The number of ketones is 1. The SMILES string of the molecule is COCOc1cc(OC)cc2c1C(=O)O[C@@H](C)[C@H](OCOC)/C=C\C(=O)[C@H]1OC(C)(C)O[C@H]1CC=C2.COCOc1cc(OC)cc2c1C(=O)O[C@@H](C)[C@H](OCOC)/C=C\C(O)[C@H]1OC(C)(C)O[C@H]1CC=C2. The minimum absolute atomic E-state index is 0.0373. The molecule has 398 valence electrons. The van der Waals surface area contributed by atoms with Crippen LogP contribution >= 0.6 is 0 Å². The maximum Gasteiger partial charge on any atom is 0.342 e. The molecule has 1 unspecified atom stereocenters. The van der Waals surface area contributed by atoms with Crippen molar-refractivity contribution >= 4 is 29.9 Å². The summed E-state index contributed by atoms with van der Waals surface area (Å²) < 4.78 is 89.2. The molecular weight excluding hydrogens is 945 g/mol. The second-order valence-electron chi connectivity index (χ2n) is 17.7. The molecule has 1 N–H and O–H groups in total. The van der Waals surface area contributed by atoms with Gasteiger partial charge in [-0.3, -0.25) is 4.79 Å². The summed E-state index contributed by atoms with van der Waals surface area (Å²) in [6, 6.07) is 6.60. The Balaban J connectivity index is 0.000000267. The molecule has 0 bridgehead atoms. The van der Waals surface area contributed by atoms with Crippen LogP contribution in [0, 0.1) is 0 Å². The molecule has 0 spiro atoms. The molecule has 2 aromatic carbocycles. The van der Waals surface area contributed by atoms with Crippen LogP contribution in [0.1, 0.15) is 86.2 Å². The first-order valence-corrected chi connectivity index (χ1v) is 23.3. The Morgan fingerprint density at radius 3 is 1.51 bits per heavy atom. The van der Waals surface area contributed by atoms with E-state index in [0.29, 0.717) is 35.5 Å². The van der Waals surface area contributed by atoms with Gasteiger partial charge in [-0.1, -0.05) is 36.5 Å². The molecule has 4 aliphatic rings. The summed E-state index contributed by atoms with van der Waals surface area (Å²) in [5.41, 5.74) is 1.43. The molecule has 20 heteroatoms. The van der Waals surface area contributed by atoms with E-state index in [1.54, 1.807) is 90.1 Å². The number of esters is 2. The van der Waals surface area contributed by atoms with Gasteiger partial charge in [-0.2, -0.15) is 0 Å². The van der Waals surface area contributed by atoms with Gasteiger partial charge in [-0.05, 0) is 89.8 Å². The monoisotopic (exact) mass is 1010 g/mol. The number of aliphatic hydroxyl groups is 1. The van der Waals surface area contributed by atoms with Crippen molar-refractivity contribution in [2.45, 2.75) is 121 Å². The fourth-order valence-corrected chi connectivity index (χ4v) is 8.07. The van der Waals surface area contributed by atoms with Crippen molar-refractivity contribution in [1.82, 2.24) is 0 Å². The van der Waals surface area contributed by atoms with Gasteiger partial charge in [0.2, 0.25) is 0 Å². The normalized spacial score (nSPS) is 28.0. The van der Waals surface area contributed by atoms with Gasteiger partial charge in [-0.25, -0.2) is 9.59 Å². The third kappa shape index (κ3) is 15.9. The Bertz CT molecular complexity index is 2230. The van der Waals surface area contributed by atoms with E-state index < -0.39 is 78.4 Å². The van der Waals surface area contributed by atoms with E-state index in [-0.39, 0.29) is 55.6 Å². The minimum atomic E-state index is -0.980. The second-order valence-corrected chi connectivity index (χ2v) is 17.7. The number of rotatable bonds is 14. The quantitative estimate of drug-likeness (QED) is 0.124. The van der Waals surface area contributed by atoms with Crippen LogP contribution in [0.3, 0.4) is 0 Å². The molecule has 20 nitrogen and oxygen atoms in total. The third-order valence-electron chi connectivity index (χ3n) is 11.3. The number of carbonyl (C=O) groups is 3. The number of fused-ring (bicyclic) bond motifs is 4. The third-order valence-corrected chi connectivity index (χ3v) is 11.3. The molecule has 4 heterocycles. The summed E-state index contributed by atoms with van der Waals surface area (Å²) in [4.78, 5) is 39.8. The predicted molar refractivity (Wildman–Crippen MR) is 258 cm³/mol. The van der Waals surface area contributed by atoms with E-state index >= 15 is 0 Å². The van der Waals surface area contributed by atoms with Gasteiger partial charge in [-0.15, -0.1) is 0 Å². The molecule has 0 aliphatic carbocycles. The van der Waals surface area contributed by atoms with Crippen molar-refractivity contribution in [2.75, 3.05) is 69.8 Å². The smallest absolute Gasteiger partial charge is 0.342 e. The summed E-state index contributed by atoms with van der Waals surface area (Å²) >= 11 is 0. The van der Waals surface area contributed by atoms with Gasteiger partial charge in [0.1, 0.15) is 90.4 Å². The number of hydrogen-bond donors (Lipinski definition) is 1. The van der Waals surface area contributed by atoms with Crippen LogP contribution in [0.5, 0.6) is 23.0 Å². The Labute approximate surface area is 420 Å². The molecule has 0 radical (unpaired) electrons. The predicted octanol–water partition coefficient (Wildman–Crippen LogP) is 6.34. The van der Waals surface area contributed by atoms with E-state index in [1.807, 2.05) is 12.2 Å². The highest BCUT2D eigenvalue weighted by atomic mass is 16.8. The van der Waals surface area contributed by atoms with Gasteiger partial charge in [0.15, 0.2) is 30.9 Å². The zero-order valence-electron chi connectivity index (χ0n) is 43.1. The number of ether oxygens (including phenoxy) is 16. The Morgan fingerprint density at radius 1 is 0.569 bits per heavy atom. The van der Waals surface area contributed by atoms with E-state index in [1.165, 1.54) is 54.8 Å². The Kier molecular flexibility index (Phi) is 21.8. The summed E-state index contributed by atoms with van der Waals surface area (Å²) in [5, 5.41) is 10.9. The van der Waals surface area contributed by atoms with Gasteiger partial charge < -0.3 is 80.9 Å². The fraction of sp³-hybridized carbons (Fsp3) is 0.558. The Hall–Kier alpha value is -5.23. The standard InChI is InChI=1S/C26H36O10.C26H34O10/c2*1-16-20(32-14-29-4)11-10-19(27)24-21(35-26(2,3)36-24)9-7-8-17-12-18(31-6)13-22(33-15-30-5)23(17)25(28)34-16/h7-8,10-13,16,19-21,24,27H,9,14-15H2,1-6H3;7-8,10-13,16,20-21,24H,9,14-15H2,1-6H3/b2*8-7?,11-10-/t16-,19?,20+,21-,24+;16-,20+,21-,24+/m00/s1. The average Bonchev–Trinajstić information content (AvgIpc) is 3.84. The number of cyclic esters (lactones) is 2. The molecule has 0 saturated carbocycles. The molecule has 2 aromatic rings. The lowest BCUT2D eigenvalue weighted by Crippen LogP contribution is -2.35. The first-order chi connectivity index (χ1) is 34.4. The highest BCUT2D eigenvalue weighted by Crippen LogP contribution is 2.37. The average molecular weight is 1020 g/mol. The lowest BCUT2D eigenvalue weighted by molar-refractivity contribution is -0.152.